The zero-order valence-corrected chi connectivity index (χ0v) is 15.5. The molecule has 0 unspecified atom stereocenters. The van der Waals surface area contributed by atoms with Gasteiger partial charge in [-0.05, 0) is 31.5 Å². The first-order valence-electron chi connectivity index (χ1n) is 8.16. The third-order valence-electron chi connectivity index (χ3n) is 3.61. The number of thiazole rings is 1. The van der Waals surface area contributed by atoms with Crippen molar-refractivity contribution in [2.75, 3.05) is 11.9 Å². The van der Waals surface area contributed by atoms with Crippen molar-refractivity contribution in [2.45, 2.75) is 32.5 Å². The highest BCUT2D eigenvalue weighted by atomic mass is 32.1. The van der Waals surface area contributed by atoms with E-state index in [0.717, 1.165) is 29.9 Å². The first-order valence-corrected chi connectivity index (χ1v) is 9.04. The Hall–Kier alpha value is -2.62. The van der Waals surface area contributed by atoms with Crippen LogP contribution < -0.4 is 16.0 Å². The van der Waals surface area contributed by atoms with Gasteiger partial charge in [-0.2, -0.15) is 13.2 Å². The average Bonchev–Trinajstić information content (AvgIpc) is 3.07. The van der Waals surface area contributed by atoms with Crippen LogP contribution in [0.3, 0.4) is 0 Å². The van der Waals surface area contributed by atoms with Gasteiger partial charge in [0.05, 0.1) is 12.1 Å². The molecule has 0 radical (unpaired) electrons. The lowest BCUT2D eigenvalue weighted by Gasteiger charge is -2.11. The van der Waals surface area contributed by atoms with E-state index in [0.29, 0.717) is 0 Å². The summed E-state index contributed by atoms with van der Waals surface area (Å²) < 4.78 is 38.2. The number of nitrogens with zero attached hydrogens (tertiary/aromatic N) is 1. The molecule has 3 N–H and O–H groups in total. The van der Waals surface area contributed by atoms with E-state index >= 15 is 0 Å². The Labute approximate surface area is 158 Å². The number of rotatable bonds is 7. The number of alkyl halides is 3. The largest absolute Gasteiger partial charge is 0.416 e. The quantitative estimate of drug-likeness (QED) is 0.664. The fraction of sp³-hybridized carbons (Fsp3) is 0.353. The van der Waals surface area contributed by atoms with Gasteiger partial charge in [-0.15, -0.1) is 11.3 Å². The smallest absolute Gasteiger partial charge is 0.352 e. The van der Waals surface area contributed by atoms with Crippen molar-refractivity contribution in [1.29, 1.82) is 0 Å². The van der Waals surface area contributed by atoms with Gasteiger partial charge in [-0.25, -0.2) is 4.98 Å². The summed E-state index contributed by atoms with van der Waals surface area (Å²) in [6.07, 6.45) is -3.67. The molecule has 146 valence electrons. The zero-order valence-electron chi connectivity index (χ0n) is 14.7. The molecule has 0 fully saturated rings. The fourth-order valence-corrected chi connectivity index (χ4v) is 2.72. The van der Waals surface area contributed by atoms with Crippen molar-refractivity contribution in [3.8, 4) is 0 Å². The minimum Gasteiger partial charge on any atom is -0.352 e. The van der Waals surface area contributed by atoms with E-state index in [4.69, 9.17) is 0 Å². The predicted molar refractivity (Wildman–Crippen MR) is 97.1 cm³/mol. The molecule has 6 nitrogen and oxygen atoms in total. The Morgan fingerprint density at radius 1 is 1.30 bits per heavy atom. The molecule has 2 rings (SSSR count). The number of halogens is 3. The van der Waals surface area contributed by atoms with Crippen molar-refractivity contribution >= 4 is 34.0 Å². The maximum absolute atomic E-state index is 12.7. The van der Waals surface area contributed by atoms with Crippen LogP contribution in [-0.4, -0.2) is 29.4 Å². The van der Waals surface area contributed by atoms with Gasteiger partial charge in [0.15, 0.2) is 5.13 Å². The maximum Gasteiger partial charge on any atom is 0.416 e. The Morgan fingerprint density at radius 2 is 2.04 bits per heavy atom. The van der Waals surface area contributed by atoms with Gasteiger partial charge >= 0.3 is 6.18 Å². The van der Waals surface area contributed by atoms with Gasteiger partial charge in [0, 0.05) is 17.1 Å². The summed E-state index contributed by atoms with van der Waals surface area (Å²) in [5.41, 5.74) is -0.501. The summed E-state index contributed by atoms with van der Waals surface area (Å²) in [7, 11) is 0. The number of hydrogen-bond donors (Lipinski definition) is 3. The maximum atomic E-state index is 12.7. The molecule has 0 aliphatic heterocycles. The van der Waals surface area contributed by atoms with Crippen LogP contribution in [0.1, 0.15) is 36.3 Å². The monoisotopic (exact) mass is 400 g/mol. The molecule has 2 aromatic rings. The minimum absolute atomic E-state index is 0.0111. The molecule has 0 spiro atoms. The third-order valence-corrected chi connectivity index (χ3v) is 4.36. The topological polar surface area (TPSA) is 83.1 Å². The SMILES string of the molecule is CC[C@H](C)NC(=O)CNC(=O)c1csc(Nc2cccc(C(F)(F)F)c2)n1. The lowest BCUT2D eigenvalue weighted by Crippen LogP contribution is -2.40. The summed E-state index contributed by atoms with van der Waals surface area (Å²) in [5, 5.41) is 9.63. The van der Waals surface area contributed by atoms with E-state index in [1.807, 2.05) is 13.8 Å². The van der Waals surface area contributed by atoms with Crippen LogP contribution in [0.25, 0.3) is 0 Å². The highest BCUT2D eigenvalue weighted by Gasteiger charge is 2.30. The highest BCUT2D eigenvalue weighted by Crippen LogP contribution is 2.31. The summed E-state index contributed by atoms with van der Waals surface area (Å²) in [6.45, 7) is 3.60. The third kappa shape index (κ3) is 6.24. The second-order valence-corrected chi connectivity index (χ2v) is 6.66. The molecule has 27 heavy (non-hydrogen) atoms. The molecule has 1 heterocycles. The van der Waals surface area contributed by atoms with Crippen molar-refractivity contribution in [1.82, 2.24) is 15.6 Å². The molecular formula is C17H19F3N4O2S. The second-order valence-electron chi connectivity index (χ2n) is 5.80. The van der Waals surface area contributed by atoms with Gasteiger partial charge < -0.3 is 16.0 Å². The van der Waals surface area contributed by atoms with Crippen molar-refractivity contribution in [3.05, 3.63) is 40.9 Å². The molecule has 1 aromatic heterocycles. The number of hydrogen-bond acceptors (Lipinski definition) is 5. The molecule has 0 aliphatic rings. The van der Waals surface area contributed by atoms with Gasteiger partial charge in [0.2, 0.25) is 5.91 Å². The van der Waals surface area contributed by atoms with Crippen LogP contribution >= 0.6 is 11.3 Å². The van der Waals surface area contributed by atoms with Gasteiger partial charge in [0.25, 0.3) is 5.91 Å². The van der Waals surface area contributed by atoms with Crippen molar-refractivity contribution in [2.24, 2.45) is 0 Å². The number of anilines is 2. The van der Waals surface area contributed by atoms with E-state index in [1.165, 1.54) is 17.5 Å². The molecule has 0 saturated heterocycles. The highest BCUT2D eigenvalue weighted by molar-refractivity contribution is 7.14. The Morgan fingerprint density at radius 3 is 2.70 bits per heavy atom. The van der Waals surface area contributed by atoms with Crippen LogP contribution in [0, 0.1) is 0 Å². The standard InChI is InChI=1S/C17H19F3N4O2S/c1-3-10(2)22-14(25)8-21-15(26)13-9-27-16(24-13)23-12-6-4-5-11(7-12)17(18,19)20/h4-7,9-10H,3,8H2,1-2H3,(H,21,26)(H,22,25)(H,23,24)/t10-/m0/s1. The summed E-state index contributed by atoms with van der Waals surface area (Å²) >= 11 is 1.07. The summed E-state index contributed by atoms with van der Waals surface area (Å²) in [5.74, 6) is -0.849. The molecule has 1 atom stereocenters. The Kier molecular flexibility index (Phi) is 6.78. The number of aromatic nitrogens is 1. The number of benzene rings is 1. The first-order chi connectivity index (χ1) is 12.7. The number of carbonyl (C=O) groups excluding carboxylic acids is 2. The van der Waals surface area contributed by atoms with Gasteiger partial charge in [-0.3, -0.25) is 9.59 Å². The Balaban J connectivity index is 1.94. The normalized spacial score (nSPS) is 12.3. The summed E-state index contributed by atoms with van der Waals surface area (Å²) in [6, 6.07) is 4.69. The molecular weight excluding hydrogens is 381 g/mol. The number of amides is 2. The molecule has 10 heteroatoms. The van der Waals surface area contributed by atoms with Crippen molar-refractivity contribution in [3.63, 3.8) is 0 Å². The van der Waals surface area contributed by atoms with E-state index in [9.17, 15) is 22.8 Å². The van der Waals surface area contributed by atoms with E-state index in [-0.39, 0.29) is 35.0 Å². The van der Waals surface area contributed by atoms with E-state index in [2.05, 4.69) is 20.9 Å². The van der Waals surface area contributed by atoms with Gasteiger partial charge in [-0.1, -0.05) is 13.0 Å². The van der Waals surface area contributed by atoms with Crippen LogP contribution in [0.15, 0.2) is 29.6 Å². The lowest BCUT2D eigenvalue weighted by atomic mass is 10.2. The molecule has 0 bridgehead atoms. The zero-order chi connectivity index (χ0) is 20.0. The summed E-state index contributed by atoms with van der Waals surface area (Å²) in [4.78, 5) is 27.7. The Bertz CT molecular complexity index is 807. The number of carbonyl (C=O) groups is 2. The van der Waals surface area contributed by atoms with Crippen LogP contribution in [-0.2, 0) is 11.0 Å². The lowest BCUT2D eigenvalue weighted by molar-refractivity contribution is -0.137. The van der Waals surface area contributed by atoms with Crippen LogP contribution in [0.2, 0.25) is 0 Å². The second kappa shape index (κ2) is 8.85. The van der Waals surface area contributed by atoms with E-state index < -0.39 is 17.6 Å². The molecule has 1 aromatic carbocycles. The predicted octanol–water partition coefficient (Wildman–Crippen LogP) is 3.55. The van der Waals surface area contributed by atoms with Crippen LogP contribution in [0.4, 0.5) is 24.0 Å². The minimum atomic E-state index is -4.44. The van der Waals surface area contributed by atoms with Crippen LogP contribution in [0.5, 0.6) is 0 Å². The number of nitrogens with one attached hydrogen (secondary N) is 3. The average molecular weight is 400 g/mol. The van der Waals surface area contributed by atoms with Gasteiger partial charge in [0.1, 0.15) is 5.69 Å². The van der Waals surface area contributed by atoms with Crippen molar-refractivity contribution < 1.29 is 22.8 Å². The first kappa shape index (κ1) is 20.7. The molecule has 0 aliphatic carbocycles. The molecule has 2 amide bonds. The molecule has 0 saturated carbocycles. The van der Waals surface area contributed by atoms with E-state index in [1.54, 1.807) is 0 Å². The fourth-order valence-electron chi connectivity index (χ4n) is 2.01.